The Balaban J connectivity index is 1.35. The minimum absolute atomic E-state index is 0.0733. The molecule has 4 fully saturated rings. The van der Waals surface area contributed by atoms with E-state index in [1.807, 2.05) is 60.7 Å². The highest BCUT2D eigenvalue weighted by molar-refractivity contribution is 5.96. The van der Waals surface area contributed by atoms with E-state index < -0.39 is 23.0 Å². The van der Waals surface area contributed by atoms with Crippen LogP contribution in [0.2, 0.25) is 0 Å². The van der Waals surface area contributed by atoms with E-state index in [0.29, 0.717) is 12.1 Å². The maximum Gasteiger partial charge on any atom is 0.328 e. The van der Waals surface area contributed by atoms with Crippen molar-refractivity contribution in [2.75, 3.05) is 11.9 Å². The van der Waals surface area contributed by atoms with E-state index in [1.165, 1.54) is 0 Å². The molecule has 6 rings (SSSR count). The molecule has 2 saturated heterocycles. The number of rotatable bonds is 4. The summed E-state index contributed by atoms with van der Waals surface area (Å²) in [6.45, 7) is 0.269. The Morgan fingerprint density at radius 2 is 1.57 bits per heavy atom. The van der Waals surface area contributed by atoms with Crippen LogP contribution in [0.15, 0.2) is 60.7 Å². The zero-order chi connectivity index (χ0) is 24.2. The van der Waals surface area contributed by atoms with Crippen LogP contribution in [0.5, 0.6) is 0 Å². The Morgan fingerprint density at radius 3 is 2.23 bits per heavy atom. The molecule has 2 aromatic rings. The second-order valence-corrected chi connectivity index (χ2v) is 10.7. The Labute approximate surface area is 205 Å². The van der Waals surface area contributed by atoms with E-state index in [2.05, 4.69) is 5.32 Å². The lowest BCUT2D eigenvalue weighted by Crippen LogP contribution is -2.70. The molecule has 2 N–H and O–H groups in total. The topological polar surface area (TPSA) is 90.0 Å². The van der Waals surface area contributed by atoms with Gasteiger partial charge in [0.15, 0.2) is 6.04 Å². The van der Waals surface area contributed by atoms with Crippen molar-refractivity contribution in [2.45, 2.75) is 68.0 Å². The number of aliphatic carboxylic acids is 1. The van der Waals surface area contributed by atoms with Gasteiger partial charge in [0.05, 0.1) is 17.0 Å². The third-order valence-corrected chi connectivity index (χ3v) is 8.86. The van der Waals surface area contributed by atoms with Gasteiger partial charge in [-0.05, 0) is 49.3 Å². The molecule has 2 aliphatic carbocycles. The van der Waals surface area contributed by atoms with Gasteiger partial charge in [0, 0.05) is 12.2 Å². The highest BCUT2D eigenvalue weighted by Gasteiger charge is 2.76. The second kappa shape index (κ2) is 8.11. The number of carboxylic acids is 1. The molecule has 4 aliphatic rings. The van der Waals surface area contributed by atoms with Crippen molar-refractivity contribution in [3.05, 3.63) is 66.2 Å². The van der Waals surface area contributed by atoms with Gasteiger partial charge in [0.1, 0.15) is 0 Å². The number of nitrogens with one attached hydrogen (secondary N) is 1. The number of hydrogen-bond donors (Lipinski definition) is 2. The van der Waals surface area contributed by atoms with Gasteiger partial charge in [0.2, 0.25) is 5.91 Å². The first-order chi connectivity index (χ1) is 17.0. The number of likely N-dealkylation sites (tertiary alicyclic amines) is 1. The van der Waals surface area contributed by atoms with Crippen molar-refractivity contribution in [1.29, 1.82) is 0 Å². The summed E-state index contributed by atoms with van der Waals surface area (Å²) in [5.74, 6) is -0.972. The standard InChI is InChI=1S/C28H31N3O4/c32-24(33)23-28-17-20(28)16-22(31(28)26(35)29-21-12-6-2-7-13-21)18-30(23)25(34)27(14-8-3-9-15-27)19-10-4-1-5-11-19/h1-2,4-7,10-13,20,22-23H,3,8-9,14-18H2,(H,29,35)(H,32,33)/t20?,22-,23+,28+/m0/s1. The van der Waals surface area contributed by atoms with Crippen LogP contribution in [0.4, 0.5) is 10.5 Å². The molecule has 1 unspecified atom stereocenters. The third-order valence-electron chi connectivity index (χ3n) is 8.86. The Morgan fingerprint density at radius 1 is 0.914 bits per heavy atom. The number of hydrogen-bond acceptors (Lipinski definition) is 3. The molecule has 7 heteroatoms. The average Bonchev–Trinajstić information content (AvgIpc) is 3.50. The first-order valence-corrected chi connectivity index (χ1v) is 12.7. The normalized spacial score (nSPS) is 30.3. The van der Waals surface area contributed by atoms with E-state index in [9.17, 15) is 19.5 Å². The number of nitrogens with zero attached hydrogens (tertiary/aromatic N) is 2. The Hall–Kier alpha value is -3.35. The largest absolute Gasteiger partial charge is 0.480 e. The van der Waals surface area contributed by atoms with Crippen LogP contribution >= 0.6 is 0 Å². The molecule has 3 amide bonds. The van der Waals surface area contributed by atoms with E-state index in [0.717, 1.165) is 44.1 Å². The van der Waals surface area contributed by atoms with Crippen LogP contribution in [0, 0.1) is 5.92 Å². The summed E-state index contributed by atoms with van der Waals surface area (Å²) in [5.41, 5.74) is 0.147. The van der Waals surface area contributed by atoms with Gasteiger partial charge in [-0.15, -0.1) is 0 Å². The number of anilines is 1. The fourth-order valence-electron chi connectivity index (χ4n) is 7.34. The molecule has 0 radical (unpaired) electrons. The monoisotopic (exact) mass is 473 g/mol. The summed E-state index contributed by atoms with van der Waals surface area (Å²) >= 11 is 0. The van der Waals surface area contributed by atoms with Crippen LogP contribution in [0.25, 0.3) is 0 Å². The number of benzene rings is 2. The first-order valence-electron chi connectivity index (χ1n) is 12.7. The first kappa shape index (κ1) is 22.1. The van der Waals surface area contributed by atoms with Crippen molar-refractivity contribution >= 4 is 23.6 Å². The maximum absolute atomic E-state index is 14.4. The zero-order valence-electron chi connectivity index (χ0n) is 19.7. The van der Waals surface area contributed by atoms with Gasteiger partial charge >= 0.3 is 12.0 Å². The molecule has 182 valence electrons. The molecule has 2 saturated carbocycles. The van der Waals surface area contributed by atoms with Crippen molar-refractivity contribution in [2.24, 2.45) is 5.92 Å². The van der Waals surface area contributed by atoms with Crippen molar-refractivity contribution in [1.82, 2.24) is 9.80 Å². The molecule has 35 heavy (non-hydrogen) atoms. The van der Waals surface area contributed by atoms with Gasteiger partial charge in [-0.25, -0.2) is 9.59 Å². The number of carboxylic acid groups (broad SMARTS) is 1. The van der Waals surface area contributed by atoms with E-state index in [-0.39, 0.29) is 30.4 Å². The number of piperidine rings is 1. The van der Waals surface area contributed by atoms with E-state index in [4.69, 9.17) is 0 Å². The van der Waals surface area contributed by atoms with Gasteiger partial charge in [-0.2, -0.15) is 0 Å². The summed E-state index contributed by atoms with van der Waals surface area (Å²) in [6.07, 6.45) is 5.84. The minimum Gasteiger partial charge on any atom is -0.480 e. The van der Waals surface area contributed by atoms with Crippen molar-refractivity contribution in [3.8, 4) is 0 Å². The summed E-state index contributed by atoms with van der Waals surface area (Å²) in [4.78, 5) is 44.0. The van der Waals surface area contributed by atoms with Gasteiger partial charge in [0.25, 0.3) is 0 Å². The molecule has 0 aromatic heterocycles. The lowest BCUT2D eigenvalue weighted by molar-refractivity contribution is -0.161. The van der Waals surface area contributed by atoms with Crippen LogP contribution in [-0.4, -0.2) is 57.0 Å². The third kappa shape index (κ3) is 3.27. The quantitative estimate of drug-likeness (QED) is 0.695. The number of carbonyl (C=O) groups excluding carboxylic acids is 2. The van der Waals surface area contributed by atoms with E-state index >= 15 is 0 Å². The minimum atomic E-state index is -1.03. The van der Waals surface area contributed by atoms with Crippen LogP contribution < -0.4 is 5.32 Å². The number of para-hydroxylation sites is 1. The van der Waals surface area contributed by atoms with Crippen LogP contribution in [0.3, 0.4) is 0 Å². The molecule has 2 aromatic carbocycles. The molecular formula is C28H31N3O4. The van der Waals surface area contributed by atoms with Gasteiger partial charge in [-0.1, -0.05) is 67.8 Å². The summed E-state index contributed by atoms with van der Waals surface area (Å²) in [7, 11) is 0. The molecular weight excluding hydrogens is 442 g/mol. The fraction of sp³-hybridized carbons (Fsp3) is 0.464. The predicted molar refractivity (Wildman–Crippen MR) is 131 cm³/mol. The van der Waals surface area contributed by atoms with Crippen LogP contribution in [-0.2, 0) is 15.0 Å². The number of carbonyl (C=O) groups is 3. The zero-order valence-corrected chi connectivity index (χ0v) is 19.7. The van der Waals surface area contributed by atoms with E-state index in [1.54, 1.807) is 9.80 Å². The highest BCUT2D eigenvalue weighted by atomic mass is 16.4. The maximum atomic E-state index is 14.4. The van der Waals surface area contributed by atoms with Gasteiger partial charge in [-0.3, -0.25) is 4.79 Å². The summed E-state index contributed by atoms with van der Waals surface area (Å²) < 4.78 is 0. The SMILES string of the molecule is O=C(O)[C@H]1N(C(=O)C2(c3ccccc3)CCCCC2)C[C@@H]2CC3C[C@@]31N2C(=O)Nc1ccccc1. The molecule has 1 spiro atoms. The fourth-order valence-corrected chi connectivity index (χ4v) is 7.34. The lowest BCUT2D eigenvalue weighted by Gasteiger charge is -2.51. The Bertz CT molecular complexity index is 1150. The molecule has 7 nitrogen and oxygen atoms in total. The molecule has 4 atom stereocenters. The van der Waals surface area contributed by atoms with Crippen LogP contribution in [0.1, 0.15) is 50.5 Å². The number of fused-ring (bicyclic) bond motifs is 1. The summed E-state index contributed by atoms with van der Waals surface area (Å²) in [5, 5.41) is 13.4. The smallest absolute Gasteiger partial charge is 0.328 e. The molecule has 2 aliphatic heterocycles. The number of amides is 3. The second-order valence-electron chi connectivity index (χ2n) is 10.7. The number of piperazine rings is 1. The molecule has 2 heterocycles. The van der Waals surface area contributed by atoms with Crippen molar-refractivity contribution < 1.29 is 19.5 Å². The summed E-state index contributed by atoms with van der Waals surface area (Å²) in [6, 6.07) is 17.6. The van der Waals surface area contributed by atoms with Crippen molar-refractivity contribution in [3.63, 3.8) is 0 Å². The Kier molecular flexibility index (Phi) is 5.13. The predicted octanol–water partition coefficient (Wildman–Crippen LogP) is 4.25. The molecule has 2 bridgehead atoms. The lowest BCUT2D eigenvalue weighted by atomic mass is 9.68. The average molecular weight is 474 g/mol. The van der Waals surface area contributed by atoms with Gasteiger partial charge < -0.3 is 20.2 Å². The number of urea groups is 1. The highest BCUT2D eigenvalue weighted by Crippen LogP contribution is 2.64.